The lowest BCUT2D eigenvalue weighted by Gasteiger charge is -2.07. The van der Waals surface area contributed by atoms with Crippen LogP contribution in [0.2, 0.25) is 0 Å². The Hall–Kier alpha value is -3.13. The Morgan fingerprint density at radius 3 is 2.92 bits per heavy atom. The summed E-state index contributed by atoms with van der Waals surface area (Å²) in [6.45, 7) is -0.00438. The lowest BCUT2D eigenvalue weighted by molar-refractivity contribution is -0.117. The molecule has 0 aliphatic rings. The van der Waals surface area contributed by atoms with Crippen molar-refractivity contribution in [3.05, 3.63) is 59.3 Å². The highest BCUT2D eigenvalue weighted by atomic mass is 32.1. The Labute approximate surface area is 147 Å². The number of carbonyl (C=O) groups excluding carboxylic acids is 2. The number of carbonyl (C=O) groups is 2. The zero-order chi connectivity index (χ0) is 17.6. The van der Waals surface area contributed by atoms with Crippen molar-refractivity contribution in [2.75, 3.05) is 6.54 Å². The third-order valence-corrected chi connectivity index (χ3v) is 4.05. The van der Waals surface area contributed by atoms with Gasteiger partial charge in [-0.25, -0.2) is 4.98 Å². The molecule has 0 bridgehead atoms. The van der Waals surface area contributed by atoms with E-state index in [1.54, 1.807) is 41.9 Å². The first kappa shape index (κ1) is 16.7. The molecule has 0 saturated carbocycles. The Kier molecular flexibility index (Phi) is 5.10. The topological polar surface area (TPSA) is 107 Å². The smallest absolute Gasteiger partial charge is 0.251 e. The summed E-state index contributed by atoms with van der Waals surface area (Å²) in [5.41, 5.74) is 6.02. The average molecular weight is 357 g/mol. The molecule has 1 aromatic carbocycles. The summed E-state index contributed by atoms with van der Waals surface area (Å²) in [6.07, 6.45) is 1.54. The number of amides is 2. The molecule has 0 aliphatic carbocycles. The maximum Gasteiger partial charge on any atom is 0.251 e. The minimum Gasteiger partial charge on any atom is -0.487 e. The van der Waals surface area contributed by atoms with E-state index in [2.05, 4.69) is 10.3 Å². The van der Waals surface area contributed by atoms with E-state index >= 15 is 0 Å². The number of hydrogen-bond acceptors (Lipinski definition) is 6. The van der Waals surface area contributed by atoms with Crippen LogP contribution >= 0.6 is 11.3 Å². The molecule has 3 rings (SSSR count). The number of hydrogen-bond donors (Lipinski definition) is 2. The zero-order valence-electron chi connectivity index (χ0n) is 13.1. The van der Waals surface area contributed by atoms with Crippen LogP contribution in [0.4, 0.5) is 0 Å². The predicted molar refractivity (Wildman–Crippen MR) is 92.1 cm³/mol. The number of thiophene rings is 1. The van der Waals surface area contributed by atoms with Gasteiger partial charge >= 0.3 is 0 Å². The second kappa shape index (κ2) is 7.63. The van der Waals surface area contributed by atoms with Crippen LogP contribution in [0.5, 0.6) is 5.75 Å². The van der Waals surface area contributed by atoms with Crippen molar-refractivity contribution in [3.63, 3.8) is 0 Å². The maximum absolute atomic E-state index is 11.9. The lowest BCUT2D eigenvalue weighted by atomic mass is 10.2. The summed E-state index contributed by atoms with van der Waals surface area (Å²) in [5, 5.41) is 4.37. The summed E-state index contributed by atoms with van der Waals surface area (Å²) < 4.78 is 11.1. The van der Waals surface area contributed by atoms with E-state index in [0.717, 1.165) is 4.88 Å². The number of ether oxygens (including phenoxy) is 1. The van der Waals surface area contributed by atoms with Gasteiger partial charge in [0.05, 0.1) is 11.4 Å². The van der Waals surface area contributed by atoms with Crippen molar-refractivity contribution in [3.8, 4) is 16.5 Å². The Bertz CT molecular complexity index is 874. The molecule has 2 heterocycles. The van der Waals surface area contributed by atoms with Gasteiger partial charge in [0.25, 0.3) is 5.91 Å². The Balaban J connectivity index is 1.61. The van der Waals surface area contributed by atoms with Crippen LogP contribution in [-0.4, -0.2) is 23.3 Å². The van der Waals surface area contributed by atoms with Crippen LogP contribution in [0.3, 0.4) is 0 Å². The summed E-state index contributed by atoms with van der Waals surface area (Å²) >= 11 is 1.54. The molecule has 0 fully saturated rings. The standard InChI is InChI=1S/C17H15N3O4S/c18-15(21)8-19-16(22)11-3-1-4-13(7-11)23-9-12-10-24-17(20-12)14-5-2-6-25-14/h1-7,10H,8-9H2,(H2,18,21)(H,19,22). The fraction of sp³-hybridized carbons (Fsp3) is 0.118. The van der Waals surface area contributed by atoms with Gasteiger partial charge in [-0.15, -0.1) is 11.3 Å². The van der Waals surface area contributed by atoms with Gasteiger partial charge in [-0.1, -0.05) is 12.1 Å². The highest BCUT2D eigenvalue weighted by molar-refractivity contribution is 7.13. The van der Waals surface area contributed by atoms with Gasteiger partial charge in [0.1, 0.15) is 24.3 Å². The molecule has 0 spiro atoms. The molecular weight excluding hydrogens is 342 g/mol. The molecule has 25 heavy (non-hydrogen) atoms. The number of oxazole rings is 1. The number of benzene rings is 1. The van der Waals surface area contributed by atoms with E-state index in [0.29, 0.717) is 22.9 Å². The zero-order valence-corrected chi connectivity index (χ0v) is 13.9. The maximum atomic E-state index is 11.9. The average Bonchev–Trinajstić information content (AvgIpc) is 3.29. The van der Waals surface area contributed by atoms with Crippen LogP contribution in [0.25, 0.3) is 10.8 Å². The van der Waals surface area contributed by atoms with Crippen molar-refractivity contribution < 1.29 is 18.7 Å². The van der Waals surface area contributed by atoms with E-state index in [1.165, 1.54) is 0 Å². The number of nitrogens with zero attached hydrogens (tertiary/aromatic N) is 1. The first-order valence-corrected chi connectivity index (χ1v) is 8.27. The molecule has 0 atom stereocenters. The quantitative estimate of drug-likeness (QED) is 0.674. The molecule has 128 valence electrons. The molecular formula is C17H15N3O4S. The van der Waals surface area contributed by atoms with Gasteiger partial charge in [0.2, 0.25) is 11.8 Å². The number of nitrogens with two attached hydrogens (primary N) is 1. The van der Waals surface area contributed by atoms with E-state index < -0.39 is 11.8 Å². The fourth-order valence-electron chi connectivity index (χ4n) is 2.04. The van der Waals surface area contributed by atoms with E-state index in [-0.39, 0.29) is 13.2 Å². The van der Waals surface area contributed by atoms with Crippen molar-refractivity contribution in [2.45, 2.75) is 6.61 Å². The first-order valence-electron chi connectivity index (χ1n) is 7.39. The predicted octanol–water partition coefficient (Wildman–Crippen LogP) is 2.20. The highest BCUT2D eigenvalue weighted by Gasteiger charge is 2.10. The van der Waals surface area contributed by atoms with Gasteiger partial charge < -0.3 is 20.2 Å². The molecule has 0 radical (unpaired) electrons. The molecule has 8 heteroatoms. The van der Waals surface area contributed by atoms with Gasteiger partial charge in [-0.05, 0) is 29.6 Å². The van der Waals surface area contributed by atoms with Crippen molar-refractivity contribution in [1.82, 2.24) is 10.3 Å². The highest BCUT2D eigenvalue weighted by Crippen LogP contribution is 2.24. The number of aromatic nitrogens is 1. The van der Waals surface area contributed by atoms with Gasteiger partial charge in [-0.2, -0.15) is 0 Å². The van der Waals surface area contributed by atoms with E-state index in [9.17, 15) is 9.59 Å². The normalized spacial score (nSPS) is 10.4. The summed E-state index contributed by atoms with van der Waals surface area (Å²) in [5.74, 6) is 0.0552. The summed E-state index contributed by atoms with van der Waals surface area (Å²) in [4.78, 5) is 27.9. The summed E-state index contributed by atoms with van der Waals surface area (Å²) in [6, 6.07) is 10.5. The molecule has 2 aromatic heterocycles. The van der Waals surface area contributed by atoms with Crippen molar-refractivity contribution in [1.29, 1.82) is 0 Å². The van der Waals surface area contributed by atoms with E-state index in [4.69, 9.17) is 14.9 Å². The van der Waals surface area contributed by atoms with Crippen LogP contribution in [-0.2, 0) is 11.4 Å². The molecule has 0 aliphatic heterocycles. The Morgan fingerprint density at radius 2 is 2.16 bits per heavy atom. The molecule has 0 saturated heterocycles. The van der Waals surface area contributed by atoms with Crippen LogP contribution in [0, 0.1) is 0 Å². The third-order valence-electron chi connectivity index (χ3n) is 3.19. The second-order valence-corrected chi connectivity index (χ2v) is 6.03. The largest absolute Gasteiger partial charge is 0.487 e. The van der Waals surface area contributed by atoms with Crippen molar-refractivity contribution in [2.24, 2.45) is 5.73 Å². The van der Waals surface area contributed by atoms with Gasteiger partial charge in [0.15, 0.2) is 0 Å². The molecule has 3 N–H and O–H groups in total. The van der Waals surface area contributed by atoms with Crippen LogP contribution in [0.1, 0.15) is 16.1 Å². The molecule has 7 nitrogen and oxygen atoms in total. The second-order valence-electron chi connectivity index (χ2n) is 5.09. The minimum absolute atomic E-state index is 0.210. The fourth-order valence-corrected chi connectivity index (χ4v) is 2.70. The molecule has 3 aromatic rings. The molecule has 2 amide bonds. The van der Waals surface area contributed by atoms with Crippen molar-refractivity contribution >= 4 is 23.2 Å². The minimum atomic E-state index is -0.603. The van der Waals surface area contributed by atoms with E-state index in [1.807, 2.05) is 17.5 Å². The van der Waals surface area contributed by atoms with Gasteiger partial charge in [0, 0.05) is 5.56 Å². The number of primary amides is 1. The molecule has 0 unspecified atom stereocenters. The monoisotopic (exact) mass is 357 g/mol. The number of nitrogens with one attached hydrogen (secondary N) is 1. The lowest BCUT2D eigenvalue weighted by Crippen LogP contribution is -2.33. The third kappa shape index (κ3) is 4.45. The van der Waals surface area contributed by atoms with Gasteiger partial charge in [-0.3, -0.25) is 9.59 Å². The first-order chi connectivity index (χ1) is 12.1. The number of rotatable bonds is 7. The van der Waals surface area contributed by atoms with Crippen LogP contribution < -0.4 is 15.8 Å². The Morgan fingerprint density at radius 1 is 1.28 bits per heavy atom. The van der Waals surface area contributed by atoms with Crippen LogP contribution in [0.15, 0.2) is 52.5 Å². The SMILES string of the molecule is NC(=O)CNC(=O)c1cccc(OCc2coc(-c3cccs3)n2)c1. The summed E-state index contributed by atoms with van der Waals surface area (Å²) in [7, 11) is 0.